The number of hydrogen-bond acceptors (Lipinski definition) is 6. The molecule has 3 aromatic rings. The highest BCUT2D eigenvalue weighted by atomic mass is 19.1. The first-order valence-corrected chi connectivity index (χ1v) is 12.2. The molecule has 0 bridgehead atoms. The summed E-state index contributed by atoms with van der Waals surface area (Å²) in [5.74, 6) is 6.51. The van der Waals surface area contributed by atoms with Crippen LogP contribution in [-0.2, 0) is 0 Å². The summed E-state index contributed by atoms with van der Waals surface area (Å²) in [6, 6.07) is 13.8. The van der Waals surface area contributed by atoms with Crippen molar-refractivity contribution in [3.63, 3.8) is 0 Å². The molecule has 3 atom stereocenters. The average Bonchev–Trinajstić information content (AvgIpc) is 2.91. The molecule has 2 aromatic carbocycles. The van der Waals surface area contributed by atoms with Crippen LogP contribution in [0.4, 0.5) is 4.39 Å². The Balaban J connectivity index is 1.35. The zero-order valence-corrected chi connectivity index (χ0v) is 20.3. The van der Waals surface area contributed by atoms with Gasteiger partial charge in [-0.1, -0.05) is 17.9 Å². The number of ether oxygens (including phenoxy) is 1. The van der Waals surface area contributed by atoms with Gasteiger partial charge in [-0.3, -0.25) is 9.88 Å². The van der Waals surface area contributed by atoms with E-state index in [0.717, 1.165) is 41.6 Å². The highest BCUT2D eigenvalue weighted by Crippen LogP contribution is 2.33. The Kier molecular flexibility index (Phi) is 8.51. The Bertz CT molecular complexity index is 1310. The molecule has 0 saturated carbocycles. The average molecular weight is 488 g/mol. The van der Waals surface area contributed by atoms with Crippen molar-refractivity contribution < 1.29 is 19.3 Å². The zero-order valence-electron chi connectivity index (χ0n) is 20.3. The van der Waals surface area contributed by atoms with Gasteiger partial charge < -0.3 is 14.9 Å². The first-order chi connectivity index (χ1) is 17.5. The van der Waals surface area contributed by atoms with Gasteiger partial charge in [0.1, 0.15) is 23.2 Å². The summed E-state index contributed by atoms with van der Waals surface area (Å²) in [7, 11) is 1.62. The number of nitriles is 1. The van der Waals surface area contributed by atoms with E-state index < -0.39 is 11.9 Å². The van der Waals surface area contributed by atoms with Crippen LogP contribution in [0.3, 0.4) is 0 Å². The maximum absolute atomic E-state index is 13.8. The third-order valence-corrected chi connectivity index (χ3v) is 7.01. The summed E-state index contributed by atoms with van der Waals surface area (Å²) in [4.78, 5) is 6.57. The monoisotopic (exact) mass is 487 g/mol. The number of piperidine rings is 1. The zero-order chi connectivity index (χ0) is 25.5. The largest absolute Gasteiger partial charge is 0.497 e. The number of hydrogen-bond donors (Lipinski definition) is 2. The SMILES string of the molecule is COc1ccc2nccc([C@H](O)CC[C@@H]3CCN(CC#Cc4cccc(F)c4C#N)C[C@@H]3CO)c2c1. The summed E-state index contributed by atoms with van der Waals surface area (Å²) in [6.07, 6.45) is 3.37. The van der Waals surface area contributed by atoms with Gasteiger partial charge >= 0.3 is 0 Å². The molecule has 1 aromatic heterocycles. The second-order valence-corrected chi connectivity index (χ2v) is 9.18. The Labute approximate surface area is 211 Å². The van der Waals surface area contributed by atoms with E-state index in [1.165, 1.54) is 6.07 Å². The third kappa shape index (κ3) is 5.83. The van der Waals surface area contributed by atoms with E-state index in [1.807, 2.05) is 30.3 Å². The van der Waals surface area contributed by atoms with E-state index in [-0.39, 0.29) is 18.1 Å². The minimum absolute atomic E-state index is 0.0316. The Morgan fingerprint density at radius 1 is 1.25 bits per heavy atom. The minimum atomic E-state index is -0.633. The van der Waals surface area contributed by atoms with Crippen molar-refractivity contribution in [1.82, 2.24) is 9.88 Å². The molecule has 1 saturated heterocycles. The number of benzene rings is 2. The molecule has 1 aliphatic heterocycles. The van der Waals surface area contributed by atoms with Crippen LogP contribution in [0.2, 0.25) is 0 Å². The Morgan fingerprint density at radius 2 is 2.11 bits per heavy atom. The Hall–Kier alpha value is -3.49. The van der Waals surface area contributed by atoms with E-state index in [1.54, 1.807) is 25.4 Å². The fraction of sp³-hybridized carbons (Fsp3) is 0.379. The van der Waals surface area contributed by atoms with E-state index in [0.29, 0.717) is 31.0 Å². The number of aliphatic hydroxyl groups is 2. The van der Waals surface area contributed by atoms with Gasteiger partial charge in [0.2, 0.25) is 0 Å². The van der Waals surface area contributed by atoms with Gasteiger partial charge in [0.05, 0.1) is 25.3 Å². The minimum Gasteiger partial charge on any atom is -0.497 e. The smallest absolute Gasteiger partial charge is 0.142 e. The summed E-state index contributed by atoms with van der Waals surface area (Å²) < 4.78 is 19.1. The lowest BCUT2D eigenvalue weighted by molar-refractivity contribution is 0.0640. The number of pyridine rings is 1. The predicted octanol–water partition coefficient (Wildman–Crippen LogP) is 4.05. The number of aliphatic hydroxyl groups excluding tert-OH is 2. The van der Waals surface area contributed by atoms with Gasteiger partial charge in [-0.05, 0) is 79.6 Å². The number of methoxy groups -OCH3 is 1. The van der Waals surface area contributed by atoms with Crippen molar-refractivity contribution in [2.24, 2.45) is 11.8 Å². The maximum Gasteiger partial charge on any atom is 0.142 e. The molecule has 0 aliphatic carbocycles. The van der Waals surface area contributed by atoms with Gasteiger partial charge in [0.25, 0.3) is 0 Å². The summed E-state index contributed by atoms with van der Waals surface area (Å²) >= 11 is 0. The lowest BCUT2D eigenvalue weighted by Gasteiger charge is -2.37. The molecule has 0 spiro atoms. The van der Waals surface area contributed by atoms with Gasteiger partial charge in [0.15, 0.2) is 0 Å². The van der Waals surface area contributed by atoms with Crippen molar-refractivity contribution >= 4 is 10.9 Å². The van der Waals surface area contributed by atoms with Crippen molar-refractivity contribution in [3.05, 3.63) is 71.2 Å². The third-order valence-electron chi connectivity index (χ3n) is 7.01. The van der Waals surface area contributed by atoms with Gasteiger partial charge in [-0.25, -0.2) is 4.39 Å². The molecule has 7 heteroatoms. The van der Waals surface area contributed by atoms with Gasteiger partial charge in [-0.2, -0.15) is 5.26 Å². The number of nitrogens with zero attached hydrogens (tertiary/aromatic N) is 3. The van der Waals surface area contributed by atoms with Crippen LogP contribution in [0, 0.1) is 40.8 Å². The van der Waals surface area contributed by atoms with Crippen LogP contribution >= 0.6 is 0 Å². The summed E-state index contributed by atoms with van der Waals surface area (Å²) in [5, 5.41) is 31.1. The fourth-order valence-electron chi connectivity index (χ4n) is 4.97. The van der Waals surface area contributed by atoms with E-state index in [2.05, 4.69) is 21.7 Å². The molecule has 186 valence electrons. The van der Waals surface area contributed by atoms with Crippen LogP contribution < -0.4 is 4.74 Å². The van der Waals surface area contributed by atoms with Crippen LogP contribution in [0.25, 0.3) is 10.9 Å². The summed E-state index contributed by atoms with van der Waals surface area (Å²) in [5.41, 5.74) is 2.01. The van der Waals surface area contributed by atoms with Crippen LogP contribution in [0.15, 0.2) is 48.7 Å². The number of aromatic nitrogens is 1. The molecule has 0 amide bonds. The molecule has 1 fully saturated rings. The molecule has 0 unspecified atom stereocenters. The Morgan fingerprint density at radius 3 is 2.89 bits per heavy atom. The number of rotatable bonds is 7. The second-order valence-electron chi connectivity index (χ2n) is 9.18. The van der Waals surface area contributed by atoms with Crippen LogP contribution in [-0.4, -0.2) is 53.4 Å². The predicted molar refractivity (Wildman–Crippen MR) is 136 cm³/mol. The topological polar surface area (TPSA) is 89.6 Å². The molecule has 4 rings (SSSR count). The maximum atomic E-state index is 13.8. The molecule has 6 nitrogen and oxygen atoms in total. The first-order valence-electron chi connectivity index (χ1n) is 12.2. The molecular formula is C29H30FN3O3. The highest BCUT2D eigenvalue weighted by molar-refractivity contribution is 5.83. The number of halogens is 1. The van der Waals surface area contributed by atoms with E-state index >= 15 is 0 Å². The second kappa shape index (κ2) is 12.0. The van der Waals surface area contributed by atoms with Crippen molar-refractivity contribution in [2.75, 3.05) is 33.4 Å². The van der Waals surface area contributed by atoms with Gasteiger partial charge in [-0.15, -0.1) is 0 Å². The molecule has 1 aliphatic rings. The summed E-state index contributed by atoms with van der Waals surface area (Å²) in [6.45, 7) is 2.09. The molecule has 2 N–H and O–H groups in total. The van der Waals surface area contributed by atoms with E-state index in [9.17, 15) is 14.6 Å². The molecular weight excluding hydrogens is 457 g/mol. The van der Waals surface area contributed by atoms with Crippen molar-refractivity contribution in [2.45, 2.75) is 25.4 Å². The van der Waals surface area contributed by atoms with Crippen LogP contribution in [0.5, 0.6) is 5.75 Å². The molecule has 2 heterocycles. The van der Waals surface area contributed by atoms with Gasteiger partial charge in [0, 0.05) is 30.3 Å². The van der Waals surface area contributed by atoms with Crippen molar-refractivity contribution in [1.29, 1.82) is 5.26 Å². The standard InChI is InChI=1S/C29H30FN3O3/c1-36-23-8-9-28-25(16-23)24(11-13-32-28)29(35)10-7-20-12-15-33(18-22(20)19-34)14-3-5-21-4-2-6-27(30)26(21)17-31/h2,4,6,8-9,11,13,16,20,22,29,34-35H,7,10,12,14-15,18-19H2,1H3/t20-,22-,29-/m1/s1. The first kappa shape index (κ1) is 25.6. The lowest BCUT2D eigenvalue weighted by atomic mass is 9.81. The number of likely N-dealkylation sites (tertiary alicyclic amines) is 1. The lowest BCUT2D eigenvalue weighted by Crippen LogP contribution is -2.42. The fourth-order valence-corrected chi connectivity index (χ4v) is 4.97. The molecule has 0 radical (unpaired) electrons. The highest BCUT2D eigenvalue weighted by Gasteiger charge is 2.29. The molecule has 36 heavy (non-hydrogen) atoms. The van der Waals surface area contributed by atoms with Crippen LogP contribution in [0.1, 0.15) is 42.1 Å². The van der Waals surface area contributed by atoms with Crippen molar-refractivity contribution in [3.8, 4) is 23.7 Å². The normalized spacial score (nSPS) is 18.8. The number of fused-ring (bicyclic) bond motifs is 1. The quantitative estimate of drug-likeness (QED) is 0.489. The van der Waals surface area contributed by atoms with E-state index in [4.69, 9.17) is 10.00 Å².